The van der Waals surface area contributed by atoms with Crippen LogP contribution >= 0.6 is 0 Å². The van der Waals surface area contributed by atoms with Crippen molar-refractivity contribution in [3.63, 3.8) is 0 Å². The molecule has 0 radical (unpaired) electrons. The Bertz CT molecular complexity index is 524. The van der Waals surface area contributed by atoms with Crippen LogP contribution in [0, 0.1) is 12.8 Å². The zero-order valence-electron chi connectivity index (χ0n) is 11.5. The van der Waals surface area contributed by atoms with Crippen molar-refractivity contribution >= 4 is 0 Å². The van der Waals surface area contributed by atoms with E-state index in [0.717, 1.165) is 25.4 Å². The zero-order chi connectivity index (χ0) is 13.1. The Morgan fingerprint density at radius 3 is 2.68 bits per heavy atom. The molecular weight excluding hydrogens is 234 g/mol. The Morgan fingerprint density at radius 2 is 1.95 bits per heavy atom. The molecule has 3 heteroatoms. The molecule has 2 heterocycles. The number of nitrogens with one attached hydrogen (secondary N) is 1. The third kappa shape index (κ3) is 2.71. The van der Waals surface area contributed by atoms with E-state index in [4.69, 9.17) is 0 Å². The molecule has 0 spiro atoms. The first kappa shape index (κ1) is 12.4. The average molecular weight is 255 g/mol. The molecule has 1 fully saturated rings. The van der Waals surface area contributed by atoms with Gasteiger partial charge in [-0.25, -0.2) is 4.68 Å². The average Bonchev–Trinajstić information content (AvgIpc) is 2.82. The van der Waals surface area contributed by atoms with Gasteiger partial charge in [0.1, 0.15) is 0 Å². The lowest BCUT2D eigenvalue weighted by Gasteiger charge is -2.23. The largest absolute Gasteiger partial charge is 0.317 e. The fraction of sp³-hybridized carbons (Fsp3) is 0.438. The van der Waals surface area contributed by atoms with Crippen molar-refractivity contribution in [3.8, 4) is 5.69 Å². The van der Waals surface area contributed by atoms with E-state index in [9.17, 15) is 0 Å². The van der Waals surface area contributed by atoms with Gasteiger partial charge in [-0.15, -0.1) is 0 Å². The lowest BCUT2D eigenvalue weighted by Crippen LogP contribution is -2.29. The number of hydrogen-bond acceptors (Lipinski definition) is 2. The van der Waals surface area contributed by atoms with E-state index in [1.165, 1.54) is 29.8 Å². The van der Waals surface area contributed by atoms with Gasteiger partial charge in [0.05, 0.1) is 11.9 Å². The predicted octanol–water partition coefficient (Wildman–Crippen LogP) is 2.72. The highest BCUT2D eigenvalue weighted by atomic mass is 15.3. The summed E-state index contributed by atoms with van der Waals surface area (Å²) in [7, 11) is 0. The molecular formula is C16H21N3. The third-order valence-electron chi connectivity index (χ3n) is 4.02. The molecule has 100 valence electrons. The molecule has 0 atom stereocenters. The highest BCUT2D eigenvalue weighted by Gasteiger charge is 2.18. The summed E-state index contributed by atoms with van der Waals surface area (Å²) in [5.74, 6) is 0.791. The highest BCUT2D eigenvalue weighted by molar-refractivity contribution is 5.34. The fourth-order valence-electron chi connectivity index (χ4n) is 2.85. The van der Waals surface area contributed by atoms with Crippen molar-refractivity contribution in [1.29, 1.82) is 0 Å². The second-order valence-corrected chi connectivity index (χ2v) is 5.42. The summed E-state index contributed by atoms with van der Waals surface area (Å²) in [6, 6.07) is 10.4. The Balaban J connectivity index is 1.86. The number of hydrogen-bond donors (Lipinski definition) is 1. The SMILES string of the molecule is Cc1cnn(-c2ccccc2)c1CC1CCNCC1. The van der Waals surface area contributed by atoms with Gasteiger partial charge in [0.2, 0.25) is 0 Å². The van der Waals surface area contributed by atoms with E-state index in [2.05, 4.69) is 46.3 Å². The summed E-state index contributed by atoms with van der Waals surface area (Å²) in [6.07, 6.45) is 5.69. The van der Waals surface area contributed by atoms with Crippen molar-refractivity contribution in [2.24, 2.45) is 5.92 Å². The van der Waals surface area contributed by atoms with Gasteiger partial charge < -0.3 is 5.32 Å². The summed E-state index contributed by atoms with van der Waals surface area (Å²) in [4.78, 5) is 0. The number of aryl methyl sites for hydroxylation is 1. The van der Waals surface area contributed by atoms with Gasteiger partial charge in [0.15, 0.2) is 0 Å². The number of para-hydroxylation sites is 1. The van der Waals surface area contributed by atoms with Crippen LogP contribution in [0.4, 0.5) is 0 Å². The van der Waals surface area contributed by atoms with Crippen molar-refractivity contribution in [3.05, 3.63) is 47.8 Å². The minimum atomic E-state index is 0.791. The second-order valence-electron chi connectivity index (χ2n) is 5.42. The summed E-state index contributed by atoms with van der Waals surface area (Å²) >= 11 is 0. The Labute approximate surface area is 114 Å². The predicted molar refractivity (Wildman–Crippen MR) is 77.6 cm³/mol. The molecule has 3 rings (SSSR count). The first-order chi connectivity index (χ1) is 9.34. The molecule has 1 aromatic carbocycles. The van der Waals surface area contributed by atoms with Crippen LogP contribution in [0.2, 0.25) is 0 Å². The standard InChI is InChI=1S/C16H21N3/c1-13-12-18-19(15-5-3-2-4-6-15)16(13)11-14-7-9-17-10-8-14/h2-6,12,14,17H,7-11H2,1H3. The number of aromatic nitrogens is 2. The van der Waals surface area contributed by atoms with Crippen LogP contribution in [0.5, 0.6) is 0 Å². The lowest BCUT2D eigenvalue weighted by molar-refractivity contribution is 0.367. The van der Waals surface area contributed by atoms with Gasteiger partial charge in [-0.05, 0) is 62.9 Å². The normalized spacial score (nSPS) is 16.7. The number of piperidine rings is 1. The summed E-state index contributed by atoms with van der Waals surface area (Å²) < 4.78 is 2.11. The maximum Gasteiger partial charge on any atom is 0.0648 e. The van der Waals surface area contributed by atoms with E-state index in [1.54, 1.807) is 0 Å². The first-order valence-corrected chi connectivity index (χ1v) is 7.14. The number of benzene rings is 1. The second kappa shape index (κ2) is 5.57. The van der Waals surface area contributed by atoms with Crippen molar-refractivity contribution in [2.45, 2.75) is 26.2 Å². The zero-order valence-corrected chi connectivity index (χ0v) is 11.5. The van der Waals surface area contributed by atoms with Crippen molar-refractivity contribution in [1.82, 2.24) is 15.1 Å². The lowest BCUT2D eigenvalue weighted by atomic mass is 9.92. The van der Waals surface area contributed by atoms with Crippen LogP contribution in [0.15, 0.2) is 36.5 Å². The Morgan fingerprint density at radius 1 is 1.21 bits per heavy atom. The fourth-order valence-corrected chi connectivity index (χ4v) is 2.85. The molecule has 0 bridgehead atoms. The van der Waals surface area contributed by atoms with E-state index in [1.807, 2.05) is 12.3 Å². The van der Waals surface area contributed by atoms with Crippen LogP contribution in [-0.2, 0) is 6.42 Å². The van der Waals surface area contributed by atoms with Gasteiger partial charge in [0.25, 0.3) is 0 Å². The number of rotatable bonds is 3. The first-order valence-electron chi connectivity index (χ1n) is 7.14. The van der Waals surface area contributed by atoms with Gasteiger partial charge in [-0.1, -0.05) is 18.2 Å². The molecule has 0 unspecified atom stereocenters. The van der Waals surface area contributed by atoms with Crippen molar-refractivity contribution in [2.75, 3.05) is 13.1 Å². The summed E-state index contributed by atoms with van der Waals surface area (Å²) in [6.45, 7) is 4.48. The molecule has 0 saturated carbocycles. The molecule has 2 aromatic rings. The highest BCUT2D eigenvalue weighted by Crippen LogP contribution is 2.22. The van der Waals surface area contributed by atoms with E-state index >= 15 is 0 Å². The maximum atomic E-state index is 4.55. The van der Waals surface area contributed by atoms with E-state index < -0.39 is 0 Å². The van der Waals surface area contributed by atoms with Crippen LogP contribution < -0.4 is 5.32 Å². The molecule has 1 aromatic heterocycles. The summed E-state index contributed by atoms with van der Waals surface area (Å²) in [5.41, 5.74) is 3.85. The maximum absolute atomic E-state index is 4.55. The molecule has 1 saturated heterocycles. The topological polar surface area (TPSA) is 29.9 Å². The quantitative estimate of drug-likeness (QED) is 0.914. The van der Waals surface area contributed by atoms with E-state index in [-0.39, 0.29) is 0 Å². The van der Waals surface area contributed by atoms with Gasteiger partial charge in [-0.3, -0.25) is 0 Å². The van der Waals surface area contributed by atoms with E-state index in [0.29, 0.717) is 0 Å². The minimum absolute atomic E-state index is 0.791. The molecule has 1 aliphatic heterocycles. The van der Waals surface area contributed by atoms with Crippen LogP contribution in [0.1, 0.15) is 24.1 Å². The van der Waals surface area contributed by atoms with Crippen LogP contribution in [0.25, 0.3) is 5.69 Å². The number of nitrogens with zero attached hydrogens (tertiary/aromatic N) is 2. The molecule has 0 aliphatic carbocycles. The summed E-state index contributed by atoms with van der Waals surface area (Å²) in [5, 5.41) is 7.99. The van der Waals surface area contributed by atoms with Crippen molar-refractivity contribution < 1.29 is 0 Å². The smallest absolute Gasteiger partial charge is 0.0648 e. The minimum Gasteiger partial charge on any atom is -0.317 e. The molecule has 1 N–H and O–H groups in total. The van der Waals surface area contributed by atoms with Gasteiger partial charge in [0, 0.05) is 5.69 Å². The molecule has 1 aliphatic rings. The molecule has 0 amide bonds. The Kier molecular flexibility index (Phi) is 3.65. The third-order valence-corrected chi connectivity index (χ3v) is 4.02. The van der Waals surface area contributed by atoms with Gasteiger partial charge >= 0.3 is 0 Å². The Hall–Kier alpha value is -1.61. The molecule has 3 nitrogen and oxygen atoms in total. The van der Waals surface area contributed by atoms with Crippen LogP contribution in [-0.4, -0.2) is 22.9 Å². The van der Waals surface area contributed by atoms with Gasteiger partial charge in [-0.2, -0.15) is 5.10 Å². The van der Waals surface area contributed by atoms with Crippen LogP contribution in [0.3, 0.4) is 0 Å². The molecule has 19 heavy (non-hydrogen) atoms. The monoisotopic (exact) mass is 255 g/mol.